The molecule has 1 unspecified atom stereocenters. The van der Waals surface area contributed by atoms with Crippen LogP contribution in [0.25, 0.3) is 10.1 Å². The summed E-state index contributed by atoms with van der Waals surface area (Å²) in [6.07, 6.45) is 0. The van der Waals surface area contributed by atoms with Gasteiger partial charge in [-0.05, 0) is 17.7 Å². The van der Waals surface area contributed by atoms with Crippen LogP contribution in [-0.2, 0) is 9.84 Å². The highest BCUT2D eigenvalue weighted by Gasteiger charge is 2.35. The van der Waals surface area contributed by atoms with Gasteiger partial charge in [-0.3, -0.25) is 4.79 Å². The first-order chi connectivity index (χ1) is 11.1. The van der Waals surface area contributed by atoms with E-state index < -0.39 is 15.9 Å². The molecule has 3 aromatic rings. The summed E-state index contributed by atoms with van der Waals surface area (Å²) >= 11 is 1.51. The summed E-state index contributed by atoms with van der Waals surface area (Å²) in [7, 11) is -3.32. The van der Waals surface area contributed by atoms with E-state index in [2.05, 4.69) is 5.32 Å². The monoisotopic (exact) mass is 343 g/mol. The van der Waals surface area contributed by atoms with E-state index in [9.17, 15) is 13.2 Å². The van der Waals surface area contributed by atoms with Crippen molar-refractivity contribution in [3.8, 4) is 0 Å². The van der Waals surface area contributed by atoms with Crippen molar-refractivity contribution in [1.82, 2.24) is 5.32 Å². The van der Waals surface area contributed by atoms with Gasteiger partial charge in [-0.2, -0.15) is 0 Å². The van der Waals surface area contributed by atoms with Crippen molar-refractivity contribution >= 4 is 37.2 Å². The van der Waals surface area contributed by atoms with Gasteiger partial charge < -0.3 is 5.32 Å². The van der Waals surface area contributed by atoms with Crippen LogP contribution in [0.3, 0.4) is 0 Å². The predicted molar refractivity (Wildman–Crippen MR) is 90.5 cm³/mol. The lowest BCUT2D eigenvalue weighted by Gasteiger charge is -2.12. The van der Waals surface area contributed by atoms with E-state index in [1.54, 1.807) is 24.3 Å². The summed E-state index contributed by atoms with van der Waals surface area (Å²) in [5.41, 5.74) is 1.26. The molecule has 116 valence electrons. The van der Waals surface area contributed by atoms with Gasteiger partial charge in [-0.15, -0.1) is 11.3 Å². The van der Waals surface area contributed by atoms with E-state index in [0.29, 0.717) is 16.0 Å². The number of hydrogen-bond donors (Lipinski definition) is 1. The lowest BCUT2D eigenvalue weighted by molar-refractivity contribution is 0.0943. The number of benzene rings is 2. The van der Waals surface area contributed by atoms with Crippen molar-refractivity contribution < 1.29 is 13.2 Å². The third-order valence-electron chi connectivity index (χ3n) is 4.05. The topological polar surface area (TPSA) is 63.2 Å². The number of amides is 1. The molecule has 0 saturated carbocycles. The lowest BCUT2D eigenvalue weighted by atomic mass is 10.1. The zero-order valence-corrected chi connectivity index (χ0v) is 13.7. The standard InChI is InChI=1S/C17H13NO3S2/c19-17(13-9-22-15-7-3-1-5-11(13)15)18-14-10-23(20,21)16-8-4-2-6-12(14)16/h1-9,14H,10H2,(H,18,19). The molecule has 1 N–H and O–H groups in total. The maximum atomic E-state index is 12.6. The number of fused-ring (bicyclic) bond motifs is 2. The van der Waals surface area contributed by atoms with Crippen LogP contribution in [0.4, 0.5) is 0 Å². The molecule has 4 nitrogen and oxygen atoms in total. The van der Waals surface area contributed by atoms with Gasteiger partial charge in [-0.25, -0.2) is 8.42 Å². The molecule has 0 radical (unpaired) electrons. The minimum Gasteiger partial charge on any atom is -0.344 e. The Morgan fingerprint density at radius 2 is 1.83 bits per heavy atom. The zero-order chi connectivity index (χ0) is 16.0. The van der Waals surface area contributed by atoms with Crippen LogP contribution in [-0.4, -0.2) is 20.1 Å². The molecule has 2 heterocycles. The summed E-state index contributed by atoms with van der Waals surface area (Å²) in [6.45, 7) is 0. The number of carbonyl (C=O) groups is 1. The lowest BCUT2D eigenvalue weighted by Crippen LogP contribution is -2.29. The Morgan fingerprint density at radius 1 is 1.09 bits per heavy atom. The molecular formula is C17H13NO3S2. The molecule has 1 aliphatic heterocycles. The third-order valence-corrected chi connectivity index (χ3v) is 6.82. The summed E-state index contributed by atoms with van der Waals surface area (Å²) in [4.78, 5) is 12.9. The smallest absolute Gasteiger partial charge is 0.253 e. The second-order valence-corrected chi connectivity index (χ2v) is 8.40. The minimum absolute atomic E-state index is 0.0832. The van der Waals surface area contributed by atoms with Gasteiger partial charge in [-0.1, -0.05) is 36.4 Å². The average molecular weight is 343 g/mol. The average Bonchev–Trinajstić information content (AvgIpc) is 3.08. The van der Waals surface area contributed by atoms with Gasteiger partial charge in [0, 0.05) is 15.5 Å². The quantitative estimate of drug-likeness (QED) is 0.777. The maximum Gasteiger partial charge on any atom is 0.253 e. The number of carbonyl (C=O) groups excluding carboxylic acids is 1. The van der Waals surface area contributed by atoms with Gasteiger partial charge >= 0.3 is 0 Å². The highest BCUT2D eigenvalue weighted by molar-refractivity contribution is 7.91. The van der Waals surface area contributed by atoms with Crippen molar-refractivity contribution in [2.24, 2.45) is 0 Å². The van der Waals surface area contributed by atoms with E-state index in [1.165, 1.54) is 11.3 Å². The highest BCUT2D eigenvalue weighted by Crippen LogP contribution is 2.34. The molecule has 6 heteroatoms. The predicted octanol–water partition coefficient (Wildman–Crippen LogP) is 3.16. The fourth-order valence-electron chi connectivity index (χ4n) is 2.96. The van der Waals surface area contributed by atoms with Crippen LogP contribution in [0.5, 0.6) is 0 Å². The van der Waals surface area contributed by atoms with Gasteiger partial charge in [0.1, 0.15) is 0 Å². The van der Waals surface area contributed by atoms with Crippen molar-refractivity contribution in [2.75, 3.05) is 5.75 Å². The second kappa shape index (κ2) is 5.18. The third kappa shape index (κ3) is 2.34. The second-order valence-electron chi connectivity index (χ2n) is 5.49. The van der Waals surface area contributed by atoms with Crippen LogP contribution < -0.4 is 5.32 Å². The largest absolute Gasteiger partial charge is 0.344 e. The normalized spacial score (nSPS) is 18.7. The Morgan fingerprint density at radius 3 is 2.70 bits per heavy atom. The zero-order valence-electron chi connectivity index (χ0n) is 12.0. The molecule has 4 rings (SSSR count). The van der Waals surface area contributed by atoms with Gasteiger partial charge in [0.25, 0.3) is 5.91 Å². The van der Waals surface area contributed by atoms with E-state index in [-0.39, 0.29) is 11.7 Å². The Hall–Kier alpha value is -2.18. The SMILES string of the molecule is O=C(NC1CS(=O)(=O)c2ccccc21)c1csc2ccccc12. The minimum atomic E-state index is -3.32. The molecule has 0 spiro atoms. The van der Waals surface area contributed by atoms with E-state index >= 15 is 0 Å². The summed E-state index contributed by atoms with van der Waals surface area (Å²) in [5, 5.41) is 5.58. The molecule has 1 atom stereocenters. The number of sulfone groups is 1. The fraction of sp³-hybridized carbons (Fsp3) is 0.118. The first-order valence-corrected chi connectivity index (χ1v) is 9.68. The van der Waals surface area contributed by atoms with Crippen molar-refractivity contribution in [3.05, 3.63) is 65.0 Å². The molecule has 0 fully saturated rings. The van der Waals surface area contributed by atoms with Crippen LogP contribution in [0.2, 0.25) is 0 Å². The van der Waals surface area contributed by atoms with E-state index in [1.807, 2.05) is 29.6 Å². The maximum absolute atomic E-state index is 12.6. The molecule has 1 aromatic heterocycles. The van der Waals surface area contributed by atoms with Crippen molar-refractivity contribution in [3.63, 3.8) is 0 Å². The molecule has 23 heavy (non-hydrogen) atoms. The van der Waals surface area contributed by atoms with Crippen molar-refractivity contribution in [2.45, 2.75) is 10.9 Å². The Kier molecular flexibility index (Phi) is 3.25. The molecule has 0 saturated heterocycles. The Labute approximate surface area is 137 Å². The fourth-order valence-corrected chi connectivity index (χ4v) is 5.64. The number of nitrogens with one attached hydrogen (secondary N) is 1. The number of thiophene rings is 1. The number of hydrogen-bond acceptors (Lipinski definition) is 4. The molecular weight excluding hydrogens is 330 g/mol. The summed E-state index contributed by atoms with van der Waals surface area (Å²) < 4.78 is 25.4. The summed E-state index contributed by atoms with van der Waals surface area (Å²) in [5.74, 6) is -0.320. The van der Waals surface area contributed by atoms with Gasteiger partial charge in [0.2, 0.25) is 0 Å². The van der Waals surface area contributed by atoms with Crippen LogP contribution >= 0.6 is 11.3 Å². The Bertz CT molecular complexity index is 1020. The molecule has 0 aliphatic carbocycles. The number of rotatable bonds is 2. The molecule has 2 aromatic carbocycles. The van der Waals surface area contributed by atoms with E-state index in [4.69, 9.17) is 0 Å². The summed E-state index contributed by atoms with van der Waals surface area (Å²) in [6, 6.07) is 14.0. The van der Waals surface area contributed by atoms with Crippen LogP contribution in [0, 0.1) is 0 Å². The van der Waals surface area contributed by atoms with Gasteiger partial charge in [0.05, 0.1) is 22.3 Å². The first-order valence-electron chi connectivity index (χ1n) is 7.15. The highest BCUT2D eigenvalue weighted by atomic mass is 32.2. The molecule has 1 amide bonds. The van der Waals surface area contributed by atoms with Crippen molar-refractivity contribution in [1.29, 1.82) is 0 Å². The molecule has 1 aliphatic rings. The Balaban J connectivity index is 1.68. The first kappa shape index (κ1) is 14.4. The molecule has 0 bridgehead atoms. The van der Waals surface area contributed by atoms with E-state index in [0.717, 1.165) is 10.1 Å². The van der Waals surface area contributed by atoms with Gasteiger partial charge in [0.15, 0.2) is 9.84 Å². The van der Waals surface area contributed by atoms with Crippen LogP contribution in [0.15, 0.2) is 58.8 Å². The van der Waals surface area contributed by atoms with Crippen LogP contribution in [0.1, 0.15) is 22.0 Å².